The zero-order chi connectivity index (χ0) is 12.1. The third-order valence-electron chi connectivity index (χ3n) is 2.21. The highest BCUT2D eigenvalue weighted by Gasteiger charge is 2.03. The number of carbonyl (C=O) groups is 1. The summed E-state index contributed by atoms with van der Waals surface area (Å²) in [6.07, 6.45) is 4.25. The van der Waals surface area contributed by atoms with Gasteiger partial charge in [-0.05, 0) is 23.8 Å². The summed E-state index contributed by atoms with van der Waals surface area (Å²) in [6, 6.07) is 11.1. The van der Waals surface area contributed by atoms with E-state index in [1.807, 2.05) is 30.3 Å². The molecule has 0 fully saturated rings. The van der Waals surface area contributed by atoms with E-state index in [4.69, 9.17) is 5.11 Å². The zero-order valence-corrected chi connectivity index (χ0v) is 8.95. The molecule has 0 atom stereocenters. The number of benzene rings is 1. The Bertz CT molecular complexity index is 550. The fourth-order valence-corrected chi connectivity index (χ4v) is 1.48. The van der Waals surface area contributed by atoms with Crippen LogP contribution in [0.4, 0.5) is 0 Å². The molecule has 2 rings (SSSR count). The van der Waals surface area contributed by atoms with Gasteiger partial charge in [0, 0.05) is 17.8 Å². The molecular formula is C13H10N2O2. The van der Waals surface area contributed by atoms with E-state index in [9.17, 15) is 4.79 Å². The van der Waals surface area contributed by atoms with Crippen molar-refractivity contribution >= 4 is 12.0 Å². The molecule has 1 N–H and O–H groups in total. The molecule has 1 heterocycles. The Kier molecular flexibility index (Phi) is 3.25. The molecule has 2 aromatic rings. The summed E-state index contributed by atoms with van der Waals surface area (Å²) in [4.78, 5) is 10.5. The molecular weight excluding hydrogens is 216 g/mol. The lowest BCUT2D eigenvalue weighted by atomic mass is 10.0. The minimum atomic E-state index is -0.973. The highest BCUT2D eigenvalue weighted by Crippen LogP contribution is 2.21. The summed E-state index contributed by atoms with van der Waals surface area (Å²) >= 11 is 0. The van der Waals surface area contributed by atoms with Crippen LogP contribution in [0.2, 0.25) is 0 Å². The van der Waals surface area contributed by atoms with Crippen molar-refractivity contribution in [3.05, 3.63) is 54.2 Å². The average molecular weight is 226 g/mol. The van der Waals surface area contributed by atoms with E-state index in [1.54, 1.807) is 18.3 Å². The van der Waals surface area contributed by atoms with E-state index in [2.05, 4.69) is 10.2 Å². The van der Waals surface area contributed by atoms with Crippen LogP contribution in [-0.2, 0) is 4.79 Å². The molecule has 0 aliphatic carbocycles. The Hall–Kier alpha value is -2.49. The lowest BCUT2D eigenvalue weighted by molar-refractivity contribution is -0.131. The van der Waals surface area contributed by atoms with E-state index in [-0.39, 0.29) is 0 Å². The molecule has 0 unspecified atom stereocenters. The molecule has 4 heteroatoms. The topological polar surface area (TPSA) is 63.1 Å². The summed E-state index contributed by atoms with van der Waals surface area (Å²) in [6.45, 7) is 0. The van der Waals surface area contributed by atoms with Crippen LogP contribution in [0.5, 0.6) is 0 Å². The first kappa shape index (κ1) is 11.0. The Morgan fingerprint density at radius 3 is 2.71 bits per heavy atom. The number of nitrogens with zero attached hydrogens (tertiary/aromatic N) is 2. The first-order valence-electron chi connectivity index (χ1n) is 5.05. The van der Waals surface area contributed by atoms with Gasteiger partial charge in [-0.25, -0.2) is 4.79 Å². The number of rotatable bonds is 3. The van der Waals surface area contributed by atoms with Crippen molar-refractivity contribution in [2.45, 2.75) is 0 Å². The van der Waals surface area contributed by atoms with Gasteiger partial charge in [-0.2, -0.15) is 10.2 Å². The van der Waals surface area contributed by atoms with Gasteiger partial charge in [-0.1, -0.05) is 24.3 Å². The second-order valence-corrected chi connectivity index (χ2v) is 3.37. The highest BCUT2D eigenvalue weighted by atomic mass is 16.4. The molecule has 0 spiro atoms. The number of carboxylic acid groups (broad SMARTS) is 1. The molecule has 1 aromatic carbocycles. The van der Waals surface area contributed by atoms with Gasteiger partial charge >= 0.3 is 5.97 Å². The predicted octanol–water partition coefficient (Wildman–Crippen LogP) is 2.24. The van der Waals surface area contributed by atoms with Crippen molar-refractivity contribution in [3.63, 3.8) is 0 Å². The summed E-state index contributed by atoms with van der Waals surface area (Å²) in [5, 5.41) is 16.4. The van der Waals surface area contributed by atoms with Crippen LogP contribution >= 0.6 is 0 Å². The second-order valence-electron chi connectivity index (χ2n) is 3.37. The van der Waals surface area contributed by atoms with Gasteiger partial charge in [0.25, 0.3) is 0 Å². The summed E-state index contributed by atoms with van der Waals surface area (Å²) in [5.74, 6) is -0.973. The third-order valence-corrected chi connectivity index (χ3v) is 2.21. The normalized spacial score (nSPS) is 10.6. The van der Waals surface area contributed by atoms with Crippen LogP contribution in [0.3, 0.4) is 0 Å². The van der Waals surface area contributed by atoms with Gasteiger partial charge in [-0.3, -0.25) is 0 Å². The number of hydrogen-bond acceptors (Lipinski definition) is 3. The molecule has 17 heavy (non-hydrogen) atoms. The Morgan fingerprint density at radius 2 is 2.00 bits per heavy atom. The van der Waals surface area contributed by atoms with Crippen LogP contribution in [0.1, 0.15) is 5.56 Å². The molecule has 4 nitrogen and oxygen atoms in total. The minimum Gasteiger partial charge on any atom is -0.478 e. The number of aliphatic carboxylic acids is 1. The Labute approximate surface area is 98.3 Å². The van der Waals surface area contributed by atoms with Crippen LogP contribution < -0.4 is 0 Å². The molecule has 0 saturated carbocycles. The first-order valence-corrected chi connectivity index (χ1v) is 5.05. The van der Waals surface area contributed by atoms with E-state index in [0.29, 0.717) is 0 Å². The van der Waals surface area contributed by atoms with Crippen molar-refractivity contribution < 1.29 is 9.90 Å². The second kappa shape index (κ2) is 5.03. The monoisotopic (exact) mass is 226 g/mol. The van der Waals surface area contributed by atoms with E-state index in [0.717, 1.165) is 22.9 Å². The van der Waals surface area contributed by atoms with Gasteiger partial charge in [0.05, 0.1) is 5.69 Å². The van der Waals surface area contributed by atoms with Gasteiger partial charge in [0.1, 0.15) is 0 Å². The van der Waals surface area contributed by atoms with Crippen LogP contribution in [0.25, 0.3) is 17.3 Å². The number of hydrogen-bond donors (Lipinski definition) is 1. The Morgan fingerprint density at radius 1 is 1.18 bits per heavy atom. The first-order chi connectivity index (χ1) is 8.27. The van der Waals surface area contributed by atoms with Crippen molar-refractivity contribution in [2.24, 2.45) is 0 Å². The van der Waals surface area contributed by atoms with Gasteiger partial charge in [0.2, 0.25) is 0 Å². The van der Waals surface area contributed by atoms with Crippen molar-refractivity contribution in [2.75, 3.05) is 0 Å². The average Bonchev–Trinajstić information content (AvgIpc) is 2.38. The highest BCUT2D eigenvalue weighted by molar-refractivity contribution is 5.87. The molecule has 0 saturated heterocycles. The maximum atomic E-state index is 10.5. The lowest BCUT2D eigenvalue weighted by Gasteiger charge is -2.03. The molecule has 0 amide bonds. The molecule has 0 radical (unpaired) electrons. The molecule has 0 bridgehead atoms. The van der Waals surface area contributed by atoms with Crippen LogP contribution in [0.15, 0.2) is 48.7 Å². The summed E-state index contributed by atoms with van der Waals surface area (Å²) in [7, 11) is 0. The maximum absolute atomic E-state index is 10.5. The van der Waals surface area contributed by atoms with Gasteiger partial charge in [0.15, 0.2) is 0 Å². The fourth-order valence-electron chi connectivity index (χ4n) is 1.48. The third kappa shape index (κ3) is 2.75. The number of aromatic nitrogens is 2. The van der Waals surface area contributed by atoms with Crippen LogP contribution in [0, 0.1) is 0 Å². The minimum absolute atomic E-state index is 0.720. The van der Waals surface area contributed by atoms with Gasteiger partial charge < -0.3 is 5.11 Å². The van der Waals surface area contributed by atoms with Gasteiger partial charge in [-0.15, -0.1) is 0 Å². The lowest BCUT2D eigenvalue weighted by Crippen LogP contribution is -1.90. The van der Waals surface area contributed by atoms with E-state index in [1.165, 1.54) is 0 Å². The molecule has 84 valence electrons. The fraction of sp³-hybridized carbons (Fsp3) is 0. The largest absolute Gasteiger partial charge is 0.478 e. The standard InChI is InChI=1S/C13H10N2O2/c16-13(17)8-7-10-4-1-2-5-11(10)12-6-3-9-14-15-12/h1-9H,(H,16,17)/b8-7+. The van der Waals surface area contributed by atoms with Crippen LogP contribution in [-0.4, -0.2) is 21.3 Å². The van der Waals surface area contributed by atoms with Crippen molar-refractivity contribution in [1.82, 2.24) is 10.2 Å². The SMILES string of the molecule is O=C(O)/C=C/c1ccccc1-c1cccnn1. The predicted molar refractivity (Wildman–Crippen MR) is 64.1 cm³/mol. The number of carboxylic acids is 1. The Balaban J connectivity index is 2.45. The van der Waals surface area contributed by atoms with E-state index >= 15 is 0 Å². The maximum Gasteiger partial charge on any atom is 0.328 e. The van der Waals surface area contributed by atoms with E-state index < -0.39 is 5.97 Å². The smallest absolute Gasteiger partial charge is 0.328 e. The molecule has 0 aliphatic heterocycles. The van der Waals surface area contributed by atoms with Crippen molar-refractivity contribution in [1.29, 1.82) is 0 Å². The zero-order valence-electron chi connectivity index (χ0n) is 8.95. The summed E-state index contributed by atoms with van der Waals surface area (Å²) in [5.41, 5.74) is 2.38. The molecule has 0 aliphatic rings. The van der Waals surface area contributed by atoms with Crippen molar-refractivity contribution in [3.8, 4) is 11.3 Å². The summed E-state index contributed by atoms with van der Waals surface area (Å²) < 4.78 is 0. The quantitative estimate of drug-likeness (QED) is 0.815. The molecule has 1 aromatic heterocycles.